The van der Waals surface area contributed by atoms with Crippen molar-refractivity contribution >= 4 is 21.8 Å². The number of amides is 1. The third-order valence-corrected chi connectivity index (χ3v) is 4.25. The van der Waals surface area contributed by atoms with Gasteiger partial charge in [-0.2, -0.15) is 17.4 Å². The lowest BCUT2D eigenvalue weighted by Gasteiger charge is -2.13. The molecule has 0 unspecified atom stereocenters. The minimum absolute atomic E-state index is 0.298. The molecule has 106 valence electrons. The van der Waals surface area contributed by atoms with Gasteiger partial charge in [0.15, 0.2) is 0 Å². The lowest BCUT2D eigenvalue weighted by atomic mass is 10.1. The number of rotatable bonds is 5. The highest BCUT2D eigenvalue weighted by atomic mass is 32.2. The highest BCUT2D eigenvalue weighted by Gasteiger charge is 2.14. The van der Waals surface area contributed by atoms with Crippen LogP contribution < -0.4 is 10.0 Å². The van der Waals surface area contributed by atoms with Gasteiger partial charge in [0.25, 0.3) is 10.2 Å². The van der Waals surface area contributed by atoms with Crippen LogP contribution in [-0.4, -0.2) is 39.3 Å². The minimum atomic E-state index is -3.58. The maximum Gasteiger partial charge on any atom is 0.279 e. The number of anilines is 1. The molecular formula is C12H19N3O3S. The van der Waals surface area contributed by atoms with Gasteiger partial charge in [-0.05, 0) is 31.0 Å². The summed E-state index contributed by atoms with van der Waals surface area (Å²) in [6.45, 7) is 3.54. The first-order valence-corrected chi connectivity index (χ1v) is 7.21. The SMILES string of the molecule is Cc1cccc(NC(=O)CNS(=O)(=O)N(C)C)c1C. The van der Waals surface area contributed by atoms with E-state index in [1.807, 2.05) is 26.0 Å². The van der Waals surface area contributed by atoms with Gasteiger partial charge in [0.2, 0.25) is 5.91 Å². The molecule has 0 radical (unpaired) electrons. The van der Waals surface area contributed by atoms with E-state index in [1.165, 1.54) is 14.1 Å². The van der Waals surface area contributed by atoms with Crippen LogP contribution >= 0.6 is 0 Å². The number of carbonyl (C=O) groups is 1. The van der Waals surface area contributed by atoms with E-state index in [2.05, 4.69) is 10.0 Å². The summed E-state index contributed by atoms with van der Waals surface area (Å²) >= 11 is 0. The Hall–Kier alpha value is -1.44. The predicted molar refractivity (Wildman–Crippen MR) is 75.2 cm³/mol. The van der Waals surface area contributed by atoms with Crippen molar-refractivity contribution < 1.29 is 13.2 Å². The molecule has 2 N–H and O–H groups in total. The molecule has 0 aliphatic carbocycles. The summed E-state index contributed by atoms with van der Waals surface area (Å²) in [4.78, 5) is 11.7. The van der Waals surface area contributed by atoms with Crippen molar-refractivity contribution in [2.24, 2.45) is 0 Å². The average molecular weight is 285 g/mol. The largest absolute Gasteiger partial charge is 0.325 e. The summed E-state index contributed by atoms with van der Waals surface area (Å²) in [6, 6.07) is 5.56. The molecular weight excluding hydrogens is 266 g/mol. The molecule has 0 aliphatic rings. The fourth-order valence-corrected chi connectivity index (χ4v) is 1.94. The quantitative estimate of drug-likeness (QED) is 0.833. The van der Waals surface area contributed by atoms with Gasteiger partial charge in [0, 0.05) is 19.8 Å². The highest BCUT2D eigenvalue weighted by Crippen LogP contribution is 2.17. The first kappa shape index (κ1) is 15.6. The fraction of sp³-hybridized carbons (Fsp3) is 0.417. The van der Waals surface area contributed by atoms with Crippen LogP contribution in [0.4, 0.5) is 5.69 Å². The first-order chi connectivity index (χ1) is 8.74. The Balaban J connectivity index is 2.64. The number of hydrogen-bond acceptors (Lipinski definition) is 3. The molecule has 19 heavy (non-hydrogen) atoms. The topological polar surface area (TPSA) is 78.5 Å². The average Bonchev–Trinajstić information content (AvgIpc) is 2.32. The molecule has 6 nitrogen and oxygen atoms in total. The van der Waals surface area contributed by atoms with Gasteiger partial charge in [-0.15, -0.1) is 0 Å². The van der Waals surface area contributed by atoms with Crippen LogP contribution in [0.1, 0.15) is 11.1 Å². The lowest BCUT2D eigenvalue weighted by molar-refractivity contribution is -0.115. The Morgan fingerprint density at radius 2 is 1.89 bits per heavy atom. The van der Waals surface area contributed by atoms with Crippen molar-refractivity contribution in [3.05, 3.63) is 29.3 Å². The Kier molecular flexibility index (Phi) is 5.04. The van der Waals surface area contributed by atoms with Crippen molar-refractivity contribution in [1.29, 1.82) is 0 Å². The minimum Gasteiger partial charge on any atom is -0.325 e. The third-order valence-electron chi connectivity index (χ3n) is 2.77. The zero-order chi connectivity index (χ0) is 14.6. The first-order valence-electron chi connectivity index (χ1n) is 5.77. The second-order valence-electron chi connectivity index (χ2n) is 4.40. The predicted octanol–water partition coefficient (Wildman–Crippen LogP) is 0.638. The number of carbonyl (C=O) groups excluding carboxylic acids is 1. The van der Waals surface area contributed by atoms with E-state index in [9.17, 15) is 13.2 Å². The summed E-state index contributed by atoms with van der Waals surface area (Å²) in [6.07, 6.45) is 0. The standard InChI is InChI=1S/C12H19N3O3S/c1-9-6-5-7-11(10(9)2)14-12(16)8-13-19(17,18)15(3)4/h5-7,13H,8H2,1-4H3,(H,14,16). The Morgan fingerprint density at radius 1 is 1.26 bits per heavy atom. The molecule has 0 bridgehead atoms. The van der Waals surface area contributed by atoms with Crippen molar-refractivity contribution in [3.8, 4) is 0 Å². The second-order valence-corrected chi connectivity index (χ2v) is 6.37. The van der Waals surface area contributed by atoms with E-state index in [0.29, 0.717) is 5.69 Å². The molecule has 0 aliphatic heterocycles. The summed E-state index contributed by atoms with van der Waals surface area (Å²) in [5.74, 6) is -0.404. The van der Waals surface area contributed by atoms with Crippen LogP contribution in [0.25, 0.3) is 0 Å². The van der Waals surface area contributed by atoms with Gasteiger partial charge in [-0.1, -0.05) is 12.1 Å². The van der Waals surface area contributed by atoms with Gasteiger partial charge in [-0.3, -0.25) is 4.79 Å². The number of benzene rings is 1. The van der Waals surface area contributed by atoms with E-state index in [1.54, 1.807) is 6.07 Å². The summed E-state index contributed by atoms with van der Waals surface area (Å²) in [5, 5.41) is 2.68. The number of nitrogens with zero attached hydrogens (tertiary/aromatic N) is 1. The smallest absolute Gasteiger partial charge is 0.279 e. The zero-order valence-corrected chi connectivity index (χ0v) is 12.3. The molecule has 0 fully saturated rings. The molecule has 0 aromatic heterocycles. The van der Waals surface area contributed by atoms with Gasteiger partial charge >= 0.3 is 0 Å². The fourth-order valence-electron chi connectivity index (χ4n) is 1.37. The van der Waals surface area contributed by atoms with Gasteiger partial charge in [-0.25, -0.2) is 0 Å². The molecule has 0 saturated heterocycles. The number of aryl methyl sites for hydroxylation is 1. The molecule has 1 rings (SSSR count). The Bertz CT molecular complexity index is 568. The Morgan fingerprint density at radius 3 is 2.47 bits per heavy atom. The molecule has 0 saturated carbocycles. The molecule has 0 atom stereocenters. The maximum atomic E-state index is 11.7. The second kappa shape index (κ2) is 6.14. The van der Waals surface area contributed by atoms with Crippen LogP contribution in [0.15, 0.2) is 18.2 Å². The molecule has 0 spiro atoms. The van der Waals surface area contributed by atoms with Crippen LogP contribution in [-0.2, 0) is 15.0 Å². The summed E-state index contributed by atoms with van der Waals surface area (Å²) < 4.78 is 26.1. The lowest BCUT2D eigenvalue weighted by Crippen LogP contribution is -2.40. The summed E-state index contributed by atoms with van der Waals surface area (Å²) in [7, 11) is -0.794. The molecule has 0 heterocycles. The van der Waals surface area contributed by atoms with Gasteiger partial charge < -0.3 is 5.32 Å². The molecule has 1 aromatic carbocycles. The highest BCUT2D eigenvalue weighted by molar-refractivity contribution is 7.87. The van der Waals surface area contributed by atoms with E-state index >= 15 is 0 Å². The van der Waals surface area contributed by atoms with Gasteiger partial charge in [0.1, 0.15) is 0 Å². The maximum absolute atomic E-state index is 11.7. The summed E-state index contributed by atoms with van der Waals surface area (Å²) in [5.41, 5.74) is 2.71. The van der Waals surface area contributed by atoms with Crippen molar-refractivity contribution in [3.63, 3.8) is 0 Å². The zero-order valence-electron chi connectivity index (χ0n) is 11.5. The number of nitrogens with one attached hydrogen (secondary N) is 2. The van der Waals surface area contributed by atoms with E-state index in [4.69, 9.17) is 0 Å². The van der Waals surface area contributed by atoms with E-state index in [-0.39, 0.29) is 6.54 Å². The van der Waals surface area contributed by atoms with Crippen LogP contribution in [0.2, 0.25) is 0 Å². The molecule has 1 amide bonds. The van der Waals surface area contributed by atoms with Crippen molar-refractivity contribution in [2.75, 3.05) is 26.0 Å². The van der Waals surface area contributed by atoms with E-state index in [0.717, 1.165) is 15.4 Å². The third kappa shape index (κ3) is 4.30. The van der Waals surface area contributed by atoms with E-state index < -0.39 is 16.1 Å². The Labute approximate surface area is 114 Å². The normalized spacial score (nSPS) is 11.6. The van der Waals surface area contributed by atoms with Gasteiger partial charge in [0.05, 0.1) is 6.54 Å². The van der Waals surface area contributed by atoms with Crippen LogP contribution in [0.3, 0.4) is 0 Å². The van der Waals surface area contributed by atoms with Crippen LogP contribution in [0.5, 0.6) is 0 Å². The van der Waals surface area contributed by atoms with Crippen molar-refractivity contribution in [1.82, 2.24) is 9.03 Å². The monoisotopic (exact) mass is 285 g/mol. The van der Waals surface area contributed by atoms with Crippen molar-refractivity contribution in [2.45, 2.75) is 13.8 Å². The molecule has 1 aromatic rings. The number of hydrogen-bond donors (Lipinski definition) is 2. The molecule has 7 heteroatoms. The van der Waals surface area contributed by atoms with Crippen LogP contribution in [0, 0.1) is 13.8 Å².